The number of ether oxygens (including phenoxy) is 2. The maximum absolute atomic E-state index is 12.4. The van der Waals surface area contributed by atoms with E-state index in [1.807, 2.05) is 0 Å². The van der Waals surface area contributed by atoms with Crippen LogP contribution in [0.3, 0.4) is 0 Å². The Labute approximate surface area is 293 Å². The molecule has 0 unspecified atom stereocenters. The van der Waals surface area contributed by atoms with Gasteiger partial charge in [0.2, 0.25) is 0 Å². The fourth-order valence-corrected chi connectivity index (χ4v) is 5.22. The van der Waals surface area contributed by atoms with Crippen molar-refractivity contribution in [2.45, 2.75) is 186 Å². The SMILES string of the molecule is CCCCCC=CCC=CCCCCCCCC(=O)O[C@@H]([C@H](O)CO)[C@H](C=O)OC(=O)CCCCCCCC=CCC=CCCCCC. The van der Waals surface area contributed by atoms with Gasteiger partial charge in [0.05, 0.1) is 6.61 Å². The standard InChI is InChI=1S/C41H70O7/c1-3-5-7-9-11-13-15-17-19-21-23-25-27-29-31-33-39(45)47-38(36-43)41(37(44)35-42)48-40(46)34-32-30-28-26-24-22-20-18-16-14-12-10-8-6-4-2/h11-14,17-20,36-38,41-42,44H,3-10,15-16,21-35H2,1-2H3/t37-,38+,41+/m1/s1. The van der Waals surface area contributed by atoms with Crippen molar-refractivity contribution in [1.29, 1.82) is 0 Å². The van der Waals surface area contributed by atoms with Crippen molar-refractivity contribution >= 4 is 18.2 Å². The molecule has 0 radical (unpaired) electrons. The molecule has 48 heavy (non-hydrogen) atoms. The van der Waals surface area contributed by atoms with Gasteiger partial charge in [0.1, 0.15) is 6.10 Å². The number of rotatable bonds is 34. The molecule has 0 amide bonds. The van der Waals surface area contributed by atoms with Gasteiger partial charge in [-0.3, -0.25) is 14.4 Å². The summed E-state index contributed by atoms with van der Waals surface area (Å²) in [6, 6.07) is 0. The Morgan fingerprint density at radius 3 is 1.31 bits per heavy atom. The van der Waals surface area contributed by atoms with Crippen LogP contribution in [0.4, 0.5) is 0 Å². The van der Waals surface area contributed by atoms with E-state index in [1.165, 1.54) is 51.4 Å². The molecule has 0 fully saturated rings. The zero-order valence-corrected chi connectivity index (χ0v) is 30.5. The lowest BCUT2D eigenvalue weighted by atomic mass is 10.1. The van der Waals surface area contributed by atoms with Crippen molar-refractivity contribution in [1.82, 2.24) is 0 Å². The number of aliphatic hydroxyl groups excluding tert-OH is 2. The fraction of sp³-hybridized carbons (Fsp3) is 0.732. The van der Waals surface area contributed by atoms with E-state index in [1.54, 1.807) is 0 Å². The third-order valence-corrected chi connectivity index (χ3v) is 8.22. The van der Waals surface area contributed by atoms with Gasteiger partial charge in [-0.15, -0.1) is 0 Å². The summed E-state index contributed by atoms with van der Waals surface area (Å²) in [5.74, 6) is -1.17. The molecule has 3 atom stereocenters. The number of esters is 2. The third kappa shape index (κ3) is 29.6. The summed E-state index contributed by atoms with van der Waals surface area (Å²) in [6.45, 7) is 3.71. The number of aliphatic hydroxyl groups is 2. The second-order valence-electron chi connectivity index (χ2n) is 12.8. The second kappa shape index (κ2) is 35.8. The summed E-state index contributed by atoms with van der Waals surface area (Å²) in [5, 5.41) is 19.7. The summed E-state index contributed by atoms with van der Waals surface area (Å²) in [5.41, 5.74) is 0. The van der Waals surface area contributed by atoms with E-state index in [9.17, 15) is 24.6 Å². The molecule has 0 saturated carbocycles. The third-order valence-electron chi connectivity index (χ3n) is 8.22. The monoisotopic (exact) mass is 675 g/mol. The lowest BCUT2D eigenvalue weighted by molar-refractivity contribution is -0.179. The minimum absolute atomic E-state index is 0.130. The molecule has 7 nitrogen and oxygen atoms in total. The first kappa shape index (κ1) is 45.5. The van der Waals surface area contributed by atoms with Crippen LogP contribution in [0, 0.1) is 0 Å². The topological polar surface area (TPSA) is 110 Å². The van der Waals surface area contributed by atoms with Crippen LogP contribution < -0.4 is 0 Å². The largest absolute Gasteiger partial charge is 0.455 e. The summed E-state index contributed by atoms with van der Waals surface area (Å²) < 4.78 is 10.6. The second-order valence-corrected chi connectivity index (χ2v) is 12.8. The van der Waals surface area contributed by atoms with Crippen LogP contribution in [0.1, 0.15) is 168 Å². The minimum Gasteiger partial charge on any atom is -0.455 e. The molecule has 0 heterocycles. The van der Waals surface area contributed by atoms with Gasteiger partial charge in [-0.05, 0) is 77.0 Å². The fourth-order valence-electron chi connectivity index (χ4n) is 5.22. The quantitative estimate of drug-likeness (QED) is 0.0302. The molecule has 0 rings (SSSR count). The summed E-state index contributed by atoms with van der Waals surface area (Å²) in [6.07, 6.45) is 37.5. The number of aldehydes is 1. The van der Waals surface area contributed by atoms with Crippen molar-refractivity contribution in [3.63, 3.8) is 0 Å². The molecule has 7 heteroatoms. The summed E-state index contributed by atoms with van der Waals surface area (Å²) in [7, 11) is 0. The Bertz CT molecular complexity index is 876. The summed E-state index contributed by atoms with van der Waals surface area (Å²) in [4.78, 5) is 36.6. The van der Waals surface area contributed by atoms with Crippen molar-refractivity contribution < 1.29 is 34.1 Å². The van der Waals surface area contributed by atoms with Gasteiger partial charge in [-0.1, -0.05) is 127 Å². The van der Waals surface area contributed by atoms with Gasteiger partial charge in [0.15, 0.2) is 18.5 Å². The first-order valence-corrected chi connectivity index (χ1v) is 19.2. The highest BCUT2D eigenvalue weighted by atomic mass is 16.6. The van der Waals surface area contributed by atoms with Gasteiger partial charge in [0, 0.05) is 12.8 Å². The van der Waals surface area contributed by atoms with E-state index in [4.69, 9.17) is 9.47 Å². The van der Waals surface area contributed by atoms with E-state index >= 15 is 0 Å². The van der Waals surface area contributed by atoms with Gasteiger partial charge in [-0.2, -0.15) is 0 Å². The number of hydrogen-bond acceptors (Lipinski definition) is 7. The van der Waals surface area contributed by atoms with E-state index in [0.29, 0.717) is 19.1 Å². The van der Waals surface area contributed by atoms with Gasteiger partial charge < -0.3 is 19.7 Å². The van der Waals surface area contributed by atoms with Crippen LogP contribution in [0.5, 0.6) is 0 Å². The van der Waals surface area contributed by atoms with Gasteiger partial charge in [0.25, 0.3) is 0 Å². The molecule has 0 saturated heterocycles. The predicted molar refractivity (Wildman–Crippen MR) is 198 cm³/mol. The Hall–Kier alpha value is -2.51. The molecule has 0 aromatic heterocycles. The average Bonchev–Trinajstić information content (AvgIpc) is 3.09. The highest BCUT2D eigenvalue weighted by molar-refractivity contribution is 5.74. The predicted octanol–water partition coefficient (Wildman–Crippen LogP) is 9.99. The molecule has 0 aromatic rings. The first-order chi connectivity index (χ1) is 23.5. The number of hydrogen-bond donors (Lipinski definition) is 2. The van der Waals surface area contributed by atoms with E-state index in [2.05, 4.69) is 62.5 Å². The molecule has 2 N–H and O–H groups in total. The molecule has 0 aliphatic rings. The average molecular weight is 675 g/mol. The van der Waals surface area contributed by atoms with Crippen LogP contribution in [-0.4, -0.2) is 53.4 Å². The van der Waals surface area contributed by atoms with E-state index in [-0.39, 0.29) is 12.8 Å². The Kier molecular flexibility index (Phi) is 33.9. The van der Waals surface area contributed by atoms with Crippen LogP contribution in [0.15, 0.2) is 48.6 Å². The zero-order chi connectivity index (χ0) is 35.3. The molecular weight excluding hydrogens is 604 g/mol. The molecule has 0 aromatic carbocycles. The highest BCUT2D eigenvalue weighted by Crippen LogP contribution is 2.15. The molecular formula is C41H70O7. The van der Waals surface area contributed by atoms with Crippen molar-refractivity contribution in [2.24, 2.45) is 0 Å². The van der Waals surface area contributed by atoms with Crippen LogP contribution in [0.2, 0.25) is 0 Å². The van der Waals surface area contributed by atoms with Crippen molar-refractivity contribution in [3.8, 4) is 0 Å². The highest BCUT2D eigenvalue weighted by Gasteiger charge is 2.34. The maximum atomic E-state index is 12.4. The van der Waals surface area contributed by atoms with Crippen LogP contribution in [0.25, 0.3) is 0 Å². The maximum Gasteiger partial charge on any atom is 0.306 e. The Balaban J connectivity index is 4.12. The number of carbonyl (C=O) groups is 3. The van der Waals surface area contributed by atoms with Crippen LogP contribution >= 0.6 is 0 Å². The normalized spacial score (nSPS) is 13.9. The molecule has 0 aliphatic carbocycles. The zero-order valence-electron chi connectivity index (χ0n) is 30.5. The van der Waals surface area contributed by atoms with E-state index < -0.39 is 36.9 Å². The summed E-state index contributed by atoms with van der Waals surface area (Å²) >= 11 is 0. The number of unbranched alkanes of at least 4 members (excludes halogenated alkanes) is 16. The minimum atomic E-state index is -1.53. The lowest BCUT2D eigenvalue weighted by Gasteiger charge is -2.26. The van der Waals surface area contributed by atoms with Crippen molar-refractivity contribution in [2.75, 3.05) is 6.61 Å². The number of allylic oxidation sites excluding steroid dienone is 8. The van der Waals surface area contributed by atoms with Crippen molar-refractivity contribution in [3.05, 3.63) is 48.6 Å². The lowest BCUT2D eigenvalue weighted by Crippen LogP contribution is -2.46. The Morgan fingerprint density at radius 1 is 0.542 bits per heavy atom. The molecule has 0 spiro atoms. The molecule has 0 bridgehead atoms. The molecule has 0 aliphatic heterocycles. The smallest absolute Gasteiger partial charge is 0.306 e. The Morgan fingerprint density at radius 2 is 0.917 bits per heavy atom. The number of carbonyl (C=O) groups excluding carboxylic acids is 3. The first-order valence-electron chi connectivity index (χ1n) is 19.2. The van der Waals surface area contributed by atoms with Crippen LogP contribution in [-0.2, 0) is 23.9 Å². The van der Waals surface area contributed by atoms with Gasteiger partial charge in [-0.25, -0.2) is 0 Å². The van der Waals surface area contributed by atoms with E-state index in [0.717, 1.165) is 77.0 Å². The molecule has 276 valence electrons. The van der Waals surface area contributed by atoms with Gasteiger partial charge >= 0.3 is 11.9 Å².